The number of allylic oxidation sites excluding steroid dienone is 1. The Morgan fingerprint density at radius 1 is 1.46 bits per heavy atom. The Morgan fingerprint density at radius 3 is 2.69 bits per heavy atom. The van der Waals surface area contributed by atoms with Gasteiger partial charge in [-0.25, -0.2) is 0 Å². The first-order valence-electron chi connectivity index (χ1n) is 4.51. The second kappa shape index (κ2) is 4.13. The van der Waals surface area contributed by atoms with Crippen LogP contribution in [-0.2, 0) is 0 Å². The van der Waals surface area contributed by atoms with Gasteiger partial charge in [-0.3, -0.25) is 0 Å². The molecule has 0 amide bonds. The first-order chi connectivity index (χ1) is 6.19. The molecule has 0 spiro atoms. The second-order valence-corrected chi connectivity index (χ2v) is 3.14. The molecule has 0 atom stereocenters. The predicted octanol–water partition coefficient (Wildman–Crippen LogP) is 3.43. The summed E-state index contributed by atoms with van der Waals surface area (Å²) in [6.07, 6.45) is 0.978. The molecule has 1 heteroatoms. The quantitative estimate of drug-likeness (QED) is 0.685. The van der Waals surface area contributed by atoms with Crippen LogP contribution in [0.25, 0.3) is 5.57 Å². The van der Waals surface area contributed by atoms with Crippen LogP contribution in [0.5, 0.6) is 5.75 Å². The van der Waals surface area contributed by atoms with Crippen LogP contribution in [0.4, 0.5) is 0 Å². The lowest BCUT2D eigenvalue weighted by Crippen LogP contribution is -1.89. The van der Waals surface area contributed by atoms with E-state index in [9.17, 15) is 0 Å². The number of hydrogen-bond acceptors (Lipinski definition) is 1. The van der Waals surface area contributed by atoms with E-state index in [1.165, 1.54) is 5.56 Å². The third-order valence-corrected chi connectivity index (χ3v) is 2.24. The second-order valence-electron chi connectivity index (χ2n) is 3.14. The molecule has 1 rings (SSSR count). The van der Waals surface area contributed by atoms with E-state index in [0.29, 0.717) is 0 Å². The summed E-state index contributed by atoms with van der Waals surface area (Å²) in [5.41, 5.74) is 3.48. The average molecular weight is 176 g/mol. The van der Waals surface area contributed by atoms with Crippen LogP contribution in [0.3, 0.4) is 0 Å². The fourth-order valence-electron chi connectivity index (χ4n) is 1.24. The molecule has 1 nitrogen and oxygen atoms in total. The van der Waals surface area contributed by atoms with Crippen molar-refractivity contribution in [1.82, 2.24) is 0 Å². The van der Waals surface area contributed by atoms with E-state index >= 15 is 0 Å². The molecule has 0 radical (unpaired) electrons. The molecule has 0 saturated heterocycles. The molecule has 0 heterocycles. The fraction of sp³-hybridized carbons (Fsp3) is 0.333. The highest BCUT2D eigenvalue weighted by Gasteiger charge is 2.01. The SMILES string of the molecule is C=C(CC)c1ccc(C)c(OC)c1. The minimum atomic E-state index is 0.937. The van der Waals surface area contributed by atoms with E-state index in [0.717, 1.165) is 23.3 Å². The molecule has 0 aliphatic carbocycles. The fourth-order valence-corrected chi connectivity index (χ4v) is 1.24. The van der Waals surface area contributed by atoms with Gasteiger partial charge in [-0.15, -0.1) is 0 Å². The standard InChI is InChI=1S/C12H16O/c1-5-9(2)11-7-6-10(3)12(8-11)13-4/h6-8H,2,5H2,1,3-4H3. The van der Waals surface area contributed by atoms with Gasteiger partial charge < -0.3 is 4.74 Å². The van der Waals surface area contributed by atoms with E-state index < -0.39 is 0 Å². The summed E-state index contributed by atoms with van der Waals surface area (Å²) in [6, 6.07) is 6.19. The highest BCUT2D eigenvalue weighted by Crippen LogP contribution is 2.24. The Labute approximate surface area is 80.0 Å². The Kier molecular flexibility index (Phi) is 3.13. The summed E-state index contributed by atoms with van der Waals surface area (Å²) >= 11 is 0. The normalized spacial score (nSPS) is 9.77. The van der Waals surface area contributed by atoms with Gasteiger partial charge >= 0.3 is 0 Å². The zero-order valence-corrected chi connectivity index (χ0v) is 8.55. The van der Waals surface area contributed by atoms with Gasteiger partial charge in [0, 0.05) is 0 Å². The summed E-state index contributed by atoms with van der Waals surface area (Å²) in [5, 5.41) is 0. The molecule has 0 N–H and O–H groups in total. The molecule has 1 aromatic rings. The Hall–Kier alpha value is -1.24. The van der Waals surface area contributed by atoms with Gasteiger partial charge in [-0.1, -0.05) is 25.6 Å². The monoisotopic (exact) mass is 176 g/mol. The topological polar surface area (TPSA) is 9.23 Å². The zero-order valence-electron chi connectivity index (χ0n) is 8.55. The highest BCUT2D eigenvalue weighted by molar-refractivity contribution is 5.65. The van der Waals surface area contributed by atoms with Crippen molar-refractivity contribution in [3.8, 4) is 5.75 Å². The van der Waals surface area contributed by atoms with Crippen molar-refractivity contribution in [3.63, 3.8) is 0 Å². The van der Waals surface area contributed by atoms with Gasteiger partial charge in [0.1, 0.15) is 5.75 Å². The lowest BCUT2D eigenvalue weighted by molar-refractivity contribution is 0.411. The average Bonchev–Trinajstić information content (AvgIpc) is 2.17. The summed E-state index contributed by atoms with van der Waals surface area (Å²) in [6.45, 7) is 8.14. The Bertz CT molecular complexity index is 313. The molecule has 70 valence electrons. The van der Waals surface area contributed by atoms with Crippen LogP contribution in [0.2, 0.25) is 0 Å². The largest absolute Gasteiger partial charge is 0.496 e. The summed E-state index contributed by atoms with van der Waals surface area (Å²) in [4.78, 5) is 0. The summed E-state index contributed by atoms with van der Waals surface area (Å²) < 4.78 is 5.24. The van der Waals surface area contributed by atoms with E-state index in [1.54, 1.807) is 7.11 Å². The third kappa shape index (κ3) is 2.11. The number of methoxy groups -OCH3 is 1. The summed E-state index contributed by atoms with van der Waals surface area (Å²) in [7, 11) is 1.70. The lowest BCUT2D eigenvalue weighted by Gasteiger charge is -2.08. The van der Waals surface area contributed by atoms with Crippen molar-refractivity contribution < 1.29 is 4.74 Å². The number of ether oxygens (including phenoxy) is 1. The number of hydrogen-bond donors (Lipinski definition) is 0. The molecule has 0 bridgehead atoms. The first-order valence-corrected chi connectivity index (χ1v) is 4.51. The van der Waals surface area contributed by atoms with Gasteiger partial charge in [-0.05, 0) is 36.1 Å². The van der Waals surface area contributed by atoms with E-state index in [2.05, 4.69) is 25.6 Å². The summed E-state index contributed by atoms with van der Waals surface area (Å²) in [5.74, 6) is 0.937. The van der Waals surface area contributed by atoms with E-state index in [1.807, 2.05) is 13.0 Å². The van der Waals surface area contributed by atoms with Crippen LogP contribution in [0.15, 0.2) is 24.8 Å². The smallest absolute Gasteiger partial charge is 0.122 e. The van der Waals surface area contributed by atoms with Gasteiger partial charge in [0.15, 0.2) is 0 Å². The van der Waals surface area contributed by atoms with Crippen molar-refractivity contribution >= 4 is 5.57 Å². The molecule has 0 saturated carbocycles. The molecule has 0 aliphatic rings. The van der Waals surface area contributed by atoms with Crippen molar-refractivity contribution in [2.24, 2.45) is 0 Å². The molecule has 0 unspecified atom stereocenters. The van der Waals surface area contributed by atoms with Gasteiger partial charge in [0.25, 0.3) is 0 Å². The molecule has 0 fully saturated rings. The molecule has 13 heavy (non-hydrogen) atoms. The van der Waals surface area contributed by atoms with E-state index in [-0.39, 0.29) is 0 Å². The van der Waals surface area contributed by atoms with Crippen LogP contribution < -0.4 is 4.74 Å². The van der Waals surface area contributed by atoms with Crippen molar-refractivity contribution in [3.05, 3.63) is 35.9 Å². The van der Waals surface area contributed by atoms with Gasteiger partial charge in [-0.2, -0.15) is 0 Å². The van der Waals surface area contributed by atoms with Crippen molar-refractivity contribution in [2.45, 2.75) is 20.3 Å². The zero-order chi connectivity index (χ0) is 9.84. The molecular formula is C12H16O. The van der Waals surface area contributed by atoms with E-state index in [4.69, 9.17) is 4.74 Å². The molecule has 1 aromatic carbocycles. The maximum atomic E-state index is 5.24. The van der Waals surface area contributed by atoms with Gasteiger partial charge in [0.05, 0.1) is 7.11 Å². The minimum Gasteiger partial charge on any atom is -0.496 e. The molecule has 0 aromatic heterocycles. The highest BCUT2D eigenvalue weighted by atomic mass is 16.5. The van der Waals surface area contributed by atoms with Crippen molar-refractivity contribution in [2.75, 3.05) is 7.11 Å². The maximum Gasteiger partial charge on any atom is 0.122 e. The van der Waals surface area contributed by atoms with Crippen LogP contribution >= 0.6 is 0 Å². The Morgan fingerprint density at radius 2 is 2.15 bits per heavy atom. The molecular weight excluding hydrogens is 160 g/mol. The van der Waals surface area contributed by atoms with Gasteiger partial charge in [0.2, 0.25) is 0 Å². The first kappa shape index (κ1) is 9.85. The number of rotatable bonds is 3. The van der Waals surface area contributed by atoms with Crippen molar-refractivity contribution in [1.29, 1.82) is 0 Å². The predicted molar refractivity (Wildman–Crippen MR) is 57.1 cm³/mol. The van der Waals surface area contributed by atoms with Crippen LogP contribution in [0.1, 0.15) is 24.5 Å². The lowest BCUT2D eigenvalue weighted by atomic mass is 10.0. The van der Waals surface area contributed by atoms with Crippen LogP contribution in [-0.4, -0.2) is 7.11 Å². The number of aryl methyl sites for hydroxylation is 1. The Balaban J connectivity index is 3.06. The minimum absolute atomic E-state index is 0.937. The third-order valence-electron chi connectivity index (χ3n) is 2.24. The van der Waals surface area contributed by atoms with Crippen LogP contribution in [0, 0.1) is 6.92 Å². The molecule has 0 aliphatic heterocycles. The maximum absolute atomic E-state index is 5.24. The number of benzene rings is 1.